The van der Waals surface area contributed by atoms with Gasteiger partial charge < -0.3 is 14.9 Å². The van der Waals surface area contributed by atoms with Crippen LogP contribution in [0.1, 0.15) is 28.9 Å². The van der Waals surface area contributed by atoms with Crippen molar-refractivity contribution in [1.82, 2.24) is 4.72 Å². The number of halogens is 1. The summed E-state index contributed by atoms with van der Waals surface area (Å²) in [5.74, 6) is -1.40. The van der Waals surface area contributed by atoms with E-state index in [2.05, 4.69) is 9.46 Å². The Labute approximate surface area is 172 Å². The Morgan fingerprint density at radius 3 is 2.30 bits per heavy atom. The maximum atomic E-state index is 13.9. The van der Waals surface area contributed by atoms with Crippen LogP contribution in [0, 0.1) is 5.82 Å². The summed E-state index contributed by atoms with van der Waals surface area (Å²) >= 11 is 0. The molecule has 0 aliphatic carbocycles. The Hall–Kier alpha value is -2.85. The fraction of sp³-hybridized carbons (Fsp3) is 0.190. The summed E-state index contributed by atoms with van der Waals surface area (Å²) in [6, 6.07) is 12.4. The molecular weight excluding hydrogens is 413 g/mol. The average molecular weight is 433 g/mol. The maximum absolute atomic E-state index is 13.9. The predicted molar refractivity (Wildman–Crippen MR) is 108 cm³/mol. The lowest BCUT2D eigenvalue weighted by atomic mass is 9.92. The number of sulfonamides is 1. The van der Waals surface area contributed by atoms with Crippen molar-refractivity contribution in [2.75, 3.05) is 14.2 Å². The highest BCUT2D eigenvalue weighted by Crippen LogP contribution is 2.33. The largest absolute Gasteiger partial charge is 0.467 e. The lowest BCUT2D eigenvalue weighted by Gasteiger charge is -2.18. The molecule has 0 bridgehead atoms. The number of fused-ring (bicyclic) bond motifs is 1. The minimum absolute atomic E-state index is 0.0201. The van der Waals surface area contributed by atoms with Gasteiger partial charge in [0.1, 0.15) is 11.9 Å². The first-order valence-electron chi connectivity index (χ1n) is 8.88. The second kappa shape index (κ2) is 8.49. The monoisotopic (exact) mass is 433 g/mol. The Bertz CT molecular complexity index is 1190. The van der Waals surface area contributed by atoms with Gasteiger partial charge in [0.25, 0.3) is 0 Å². The summed E-state index contributed by atoms with van der Waals surface area (Å²) in [6.07, 6.45) is -2.86. The highest BCUT2D eigenvalue weighted by molar-refractivity contribution is 7.89. The number of aliphatic hydroxyl groups excluding tert-OH is 2. The highest BCUT2D eigenvalue weighted by atomic mass is 32.2. The van der Waals surface area contributed by atoms with E-state index < -0.39 is 34.0 Å². The number of aliphatic hydroxyl groups is 2. The topological polar surface area (TPSA) is 113 Å². The van der Waals surface area contributed by atoms with E-state index in [1.807, 2.05) is 0 Å². The number of carbonyl (C=O) groups excluding carboxylic acids is 1. The van der Waals surface area contributed by atoms with Gasteiger partial charge in [0, 0.05) is 0 Å². The summed E-state index contributed by atoms with van der Waals surface area (Å²) < 4.78 is 44.4. The molecule has 3 N–H and O–H groups in total. The van der Waals surface area contributed by atoms with Crippen LogP contribution in [-0.2, 0) is 19.6 Å². The van der Waals surface area contributed by atoms with Crippen molar-refractivity contribution in [2.24, 2.45) is 0 Å². The number of carbonyl (C=O) groups is 1. The Kier molecular flexibility index (Phi) is 6.18. The van der Waals surface area contributed by atoms with Gasteiger partial charge in [-0.3, -0.25) is 0 Å². The average Bonchev–Trinajstić information content (AvgIpc) is 2.76. The summed E-state index contributed by atoms with van der Waals surface area (Å²) in [4.78, 5) is 11.8. The van der Waals surface area contributed by atoms with Crippen LogP contribution in [0.5, 0.6) is 0 Å². The molecule has 7 nitrogen and oxygen atoms in total. The van der Waals surface area contributed by atoms with Crippen molar-refractivity contribution >= 4 is 26.8 Å². The fourth-order valence-electron chi connectivity index (χ4n) is 3.14. The minimum atomic E-state index is -3.64. The normalized spacial score (nSPS) is 13.8. The molecule has 0 heterocycles. The molecule has 9 heteroatoms. The molecule has 0 fully saturated rings. The summed E-state index contributed by atoms with van der Waals surface area (Å²) in [6.45, 7) is 0. The van der Waals surface area contributed by atoms with E-state index in [4.69, 9.17) is 0 Å². The van der Waals surface area contributed by atoms with Crippen molar-refractivity contribution in [3.05, 3.63) is 77.1 Å². The van der Waals surface area contributed by atoms with E-state index in [0.29, 0.717) is 16.3 Å². The highest BCUT2D eigenvalue weighted by Gasteiger charge is 2.23. The summed E-state index contributed by atoms with van der Waals surface area (Å²) in [5, 5.41) is 22.1. The lowest BCUT2D eigenvalue weighted by molar-refractivity contribution is -0.150. The molecule has 0 spiro atoms. The van der Waals surface area contributed by atoms with E-state index in [0.717, 1.165) is 7.11 Å². The zero-order chi connectivity index (χ0) is 22.1. The van der Waals surface area contributed by atoms with E-state index >= 15 is 0 Å². The molecule has 2 unspecified atom stereocenters. The predicted octanol–water partition coefficient (Wildman–Crippen LogP) is 2.18. The first kappa shape index (κ1) is 21.8. The Morgan fingerprint density at radius 1 is 1.03 bits per heavy atom. The standard InChI is InChI=1S/C21H20FNO6S/c1-23-30(27,28)16-7-4-12(5-8-16)19(24)18-10-14(20(25)21(26)29-2)9-13-3-6-15(22)11-17(13)18/h3-11,19-20,23-25H,1-2H3. The van der Waals surface area contributed by atoms with Crippen LogP contribution < -0.4 is 4.72 Å². The molecule has 0 amide bonds. The van der Waals surface area contributed by atoms with Gasteiger partial charge in [-0.1, -0.05) is 18.2 Å². The summed E-state index contributed by atoms with van der Waals surface area (Å²) in [7, 11) is -1.22. The van der Waals surface area contributed by atoms with Gasteiger partial charge >= 0.3 is 5.97 Å². The SMILES string of the molecule is CNS(=O)(=O)c1ccc(C(O)c2cc(C(O)C(=O)OC)cc3ccc(F)cc23)cc1. The van der Waals surface area contributed by atoms with Crippen molar-refractivity contribution in [3.63, 3.8) is 0 Å². The molecule has 0 aliphatic heterocycles. The zero-order valence-corrected chi connectivity index (χ0v) is 17.0. The number of rotatable bonds is 6. The second-order valence-corrected chi connectivity index (χ2v) is 8.47. The third-order valence-electron chi connectivity index (χ3n) is 4.78. The zero-order valence-electron chi connectivity index (χ0n) is 16.2. The Morgan fingerprint density at radius 2 is 1.70 bits per heavy atom. The van der Waals surface area contributed by atoms with Gasteiger partial charge in [0.2, 0.25) is 10.0 Å². The molecular formula is C21H20FNO6S. The number of hydrogen-bond acceptors (Lipinski definition) is 6. The molecule has 0 radical (unpaired) electrons. The number of ether oxygens (including phenoxy) is 1. The summed E-state index contributed by atoms with van der Waals surface area (Å²) in [5.41, 5.74) is 0.763. The maximum Gasteiger partial charge on any atom is 0.339 e. The number of methoxy groups -OCH3 is 1. The third-order valence-corrected chi connectivity index (χ3v) is 6.21. The van der Waals surface area contributed by atoms with Gasteiger partial charge in [0.15, 0.2) is 6.10 Å². The van der Waals surface area contributed by atoms with Crippen LogP contribution >= 0.6 is 0 Å². The smallest absolute Gasteiger partial charge is 0.339 e. The molecule has 0 saturated heterocycles. The molecule has 3 aromatic rings. The quantitative estimate of drug-likeness (QED) is 0.514. The van der Waals surface area contributed by atoms with E-state index in [1.54, 1.807) is 0 Å². The van der Waals surface area contributed by atoms with Crippen molar-refractivity contribution in [1.29, 1.82) is 0 Å². The Balaban J connectivity index is 2.13. The van der Waals surface area contributed by atoms with Gasteiger partial charge in [0.05, 0.1) is 12.0 Å². The lowest BCUT2D eigenvalue weighted by Crippen LogP contribution is -2.18. The van der Waals surface area contributed by atoms with Crippen molar-refractivity contribution < 1.29 is 32.6 Å². The number of nitrogens with one attached hydrogen (secondary N) is 1. The number of benzene rings is 3. The molecule has 0 saturated carbocycles. The van der Waals surface area contributed by atoms with Crippen molar-refractivity contribution in [2.45, 2.75) is 17.1 Å². The van der Waals surface area contributed by atoms with Gasteiger partial charge in [-0.15, -0.1) is 0 Å². The van der Waals surface area contributed by atoms with Crippen LogP contribution in [0.4, 0.5) is 4.39 Å². The molecule has 3 rings (SSSR count). The molecule has 158 valence electrons. The van der Waals surface area contributed by atoms with Crippen LogP contribution in [-0.4, -0.2) is 38.8 Å². The van der Waals surface area contributed by atoms with Crippen LogP contribution in [0.3, 0.4) is 0 Å². The van der Waals surface area contributed by atoms with Crippen LogP contribution in [0.2, 0.25) is 0 Å². The van der Waals surface area contributed by atoms with E-state index in [-0.39, 0.29) is 16.0 Å². The third kappa shape index (κ3) is 4.19. The molecule has 2 atom stereocenters. The van der Waals surface area contributed by atoms with Gasteiger partial charge in [-0.2, -0.15) is 0 Å². The van der Waals surface area contributed by atoms with Crippen molar-refractivity contribution in [3.8, 4) is 0 Å². The number of hydrogen-bond donors (Lipinski definition) is 3. The van der Waals surface area contributed by atoms with Gasteiger partial charge in [-0.05, 0) is 70.9 Å². The first-order valence-corrected chi connectivity index (χ1v) is 10.4. The molecule has 30 heavy (non-hydrogen) atoms. The molecule has 0 aromatic heterocycles. The fourth-order valence-corrected chi connectivity index (χ4v) is 3.87. The van der Waals surface area contributed by atoms with E-state index in [9.17, 15) is 27.8 Å². The molecule has 3 aromatic carbocycles. The first-order chi connectivity index (χ1) is 14.2. The second-order valence-electron chi connectivity index (χ2n) is 6.58. The van der Waals surface area contributed by atoms with Crippen LogP contribution in [0.15, 0.2) is 59.5 Å². The van der Waals surface area contributed by atoms with E-state index in [1.165, 1.54) is 61.6 Å². The number of esters is 1. The molecule has 0 aliphatic rings. The van der Waals surface area contributed by atoms with Crippen LogP contribution in [0.25, 0.3) is 10.8 Å². The van der Waals surface area contributed by atoms with Gasteiger partial charge in [-0.25, -0.2) is 22.3 Å². The minimum Gasteiger partial charge on any atom is -0.467 e.